The first-order valence-corrected chi connectivity index (χ1v) is 8.28. The molecule has 3 heterocycles. The molecule has 0 radical (unpaired) electrons. The number of aryl methyl sites for hydroxylation is 1. The van der Waals surface area contributed by atoms with Crippen molar-refractivity contribution in [1.29, 1.82) is 0 Å². The van der Waals surface area contributed by atoms with Crippen molar-refractivity contribution in [3.63, 3.8) is 0 Å². The normalized spacial score (nSPS) is 10.8. The maximum atomic E-state index is 14.3. The van der Waals surface area contributed by atoms with Gasteiger partial charge in [0, 0.05) is 31.2 Å². The van der Waals surface area contributed by atoms with Crippen LogP contribution in [0.3, 0.4) is 0 Å². The number of pyridine rings is 2. The Balaban J connectivity index is 1.71. The van der Waals surface area contributed by atoms with Crippen molar-refractivity contribution in [2.24, 2.45) is 0 Å². The molecule has 0 atom stereocenters. The number of tetrazole rings is 1. The summed E-state index contributed by atoms with van der Waals surface area (Å²) in [5.74, 6) is -0.0227. The van der Waals surface area contributed by atoms with Crippen LogP contribution >= 0.6 is 0 Å². The number of rotatable bonds is 4. The van der Waals surface area contributed by atoms with E-state index >= 15 is 0 Å². The Morgan fingerprint density at radius 1 is 1.07 bits per heavy atom. The van der Waals surface area contributed by atoms with Gasteiger partial charge in [0.05, 0.1) is 17.6 Å². The van der Waals surface area contributed by atoms with Crippen LogP contribution in [0.2, 0.25) is 0 Å². The maximum Gasteiger partial charge on any atom is 0.223 e. The van der Waals surface area contributed by atoms with Gasteiger partial charge in [-0.25, -0.2) is 4.39 Å². The van der Waals surface area contributed by atoms with E-state index in [0.29, 0.717) is 22.9 Å². The van der Waals surface area contributed by atoms with Crippen LogP contribution in [0.15, 0.2) is 61.1 Å². The highest BCUT2D eigenvalue weighted by Gasteiger charge is 2.13. The van der Waals surface area contributed by atoms with E-state index in [9.17, 15) is 4.39 Å². The summed E-state index contributed by atoms with van der Waals surface area (Å²) >= 11 is 0. The van der Waals surface area contributed by atoms with E-state index in [2.05, 4.69) is 25.4 Å². The van der Waals surface area contributed by atoms with Gasteiger partial charge >= 0.3 is 0 Å². The summed E-state index contributed by atoms with van der Waals surface area (Å²) < 4.78 is 14.3. The summed E-state index contributed by atoms with van der Waals surface area (Å²) in [4.78, 5) is 11.5. The number of aromatic nitrogens is 6. The number of hydrogen-bond acceptors (Lipinski definition) is 6. The molecule has 0 fully saturated rings. The summed E-state index contributed by atoms with van der Waals surface area (Å²) in [5, 5.41) is 12.4. The van der Waals surface area contributed by atoms with E-state index < -0.39 is 5.82 Å². The van der Waals surface area contributed by atoms with Gasteiger partial charge in [-0.15, -0.1) is 15.0 Å². The van der Waals surface area contributed by atoms with E-state index in [1.54, 1.807) is 30.7 Å². The molecule has 0 aliphatic carbocycles. The Labute approximate surface area is 155 Å². The van der Waals surface area contributed by atoms with Gasteiger partial charge in [-0.05, 0) is 48.0 Å². The fraction of sp³-hybridized carbons (Fsp3) is 0.105. The van der Waals surface area contributed by atoms with Crippen LogP contribution in [0.4, 0.5) is 15.8 Å². The van der Waals surface area contributed by atoms with Gasteiger partial charge in [-0.2, -0.15) is 0 Å². The summed E-state index contributed by atoms with van der Waals surface area (Å²) in [5.41, 5.74) is 3.64. The molecule has 3 aromatic heterocycles. The standard InChI is InChI=1S/C19H16FN7/c1-13-6-8-21-12-18(13)26(2)15-9-14(20)10-16(11-15)27-24-19(23-25-27)17-5-3-4-7-22-17/h3-12H,1-2H3. The minimum atomic E-state index is -0.396. The Morgan fingerprint density at radius 3 is 2.74 bits per heavy atom. The third-order valence-electron chi connectivity index (χ3n) is 4.17. The highest BCUT2D eigenvalue weighted by atomic mass is 19.1. The van der Waals surface area contributed by atoms with Crippen molar-refractivity contribution >= 4 is 11.4 Å². The molecule has 7 nitrogen and oxygen atoms in total. The van der Waals surface area contributed by atoms with Crippen molar-refractivity contribution in [3.8, 4) is 17.2 Å². The molecule has 0 saturated heterocycles. The largest absolute Gasteiger partial charge is 0.343 e. The first-order chi connectivity index (χ1) is 13.1. The highest BCUT2D eigenvalue weighted by Crippen LogP contribution is 2.28. The first kappa shape index (κ1) is 16.8. The molecule has 0 aliphatic heterocycles. The van der Waals surface area contributed by atoms with E-state index in [1.165, 1.54) is 16.9 Å². The second-order valence-corrected chi connectivity index (χ2v) is 6.01. The van der Waals surface area contributed by atoms with Crippen LogP contribution in [-0.2, 0) is 0 Å². The molecular formula is C19H16FN7. The van der Waals surface area contributed by atoms with E-state index in [-0.39, 0.29) is 0 Å². The molecule has 0 amide bonds. The summed E-state index contributed by atoms with van der Waals surface area (Å²) in [6.07, 6.45) is 5.12. The van der Waals surface area contributed by atoms with Crippen LogP contribution in [0, 0.1) is 12.7 Å². The zero-order chi connectivity index (χ0) is 18.8. The topological polar surface area (TPSA) is 72.6 Å². The minimum absolute atomic E-state index is 0.373. The molecule has 0 N–H and O–H groups in total. The van der Waals surface area contributed by atoms with Gasteiger partial charge in [-0.3, -0.25) is 9.97 Å². The molecular weight excluding hydrogens is 345 g/mol. The lowest BCUT2D eigenvalue weighted by atomic mass is 10.2. The van der Waals surface area contributed by atoms with Gasteiger partial charge < -0.3 is 4.90 Å². The summed E-state index contributed by atoms with van der Waals surface area (Å²) in [6.45, 7) is 1.98. The zero-order valence-electron chi connectivity index (χ0n) is 14.8. The third-order valence-corrected chi connectivity index (χ3v) is 4.17. The second-order valence-electron chi connectivity index (χ2n) is 6.01. The lowest BCUT2D eigenvalue weighted by Crippen LogP contribution is -2.12. The summed E-state index contributed by atoms with van der Waals surface area (Å²) in [7, 11) is 1.86. The highest BCUT2D eigenvalue weighted by molar-refractivity contribution is 5.66. The molecule has 0 bridgehead atoms. The van der Waals surface area contributed by atoms with E-state index in [1.807, 2.05) is 37.1 Å². The lowest BCUT2D eigenvalue weighted by Gasteiger charge is -2.21. The van der Waals surface area contributed by atoms with Crippen LogP contribution in [0.1, 0.15) is 5.56 Å². The number of benzene rings is 1. The smallest absolute Gasteiger partial charge is 0.223 e. The van der Waals surface area contributed by atoms with E-state index in [0.717, 1.165) is 11.3 Å². The predicted molar refractivity (Wildman–Crippen MR) is 99.4 cm³/mol. The monoisotopic (exact) mass is 361 g/mol. The molecule has 0 saturated carbocycles. The van der Waals surface area contributed by atoms with E-state index in [4.69, 9.17) is 0 Å². The first-order valence-electron chi connectivity index (χ1n) is 8.28. The Bertz CT molecular complexity index is 1080. The number of anilines is 2. The van der Waals surface area contributed by atoms with Crippen molar-refractivity contribution in [2.45, 2.75) is 6.92 Å². The van der Waals surface area contributed by atoms with Crippen LogP contribution in [0.25, 0.3) is 17.2 Å². The lowest BCUT2D eigenvalue weighted by molar-refractivity contribution is 0.621. The maximum absolute atomic E-state index is 14.3. The summed E-state index contributed by atoms with van der Waals surface area (Å²) in [6, 6.07) is 11.9. The molecule has 1 aromatic carbocycles. The fourth-order valence-corrected chi connectivity index (χ4v) is 2.74. The van der Waals surface area contributed by atoms with Gasteiger partial charge in [0.1, 0.15) is 11.5 Å². The van der Waals surface area contributed by atoms with Crippen molar-refractivity contribution in [2.75, 3.05) is 11.9 Å². The SMILES string of the molecule is Cc1ccncc1N(C)c1cc(F)cc(-n2nnc(-c3ccccn3)n2)c1. The number of halogens is 1. The molecule has 4 aromatic rings. The Morgan fingerprint density at radius 2 is 1.96 bits per heavy atom. The zero-order valence-corrected chi connectivity index (χ0v) is 14.8. The minimum Gasteiger partial charge on any atom is -0.343 e. The average Bonchev–Trinajstić information content (AvgIpc) is 3.18. The van der Waals surface area contributed by atoms with Crippen LogP contribution < -0.4 is 4.90 Å². The van der Waals surface area contributed by atoms with Gasteiger partial charge in [-0.1, -0.05) is 6.07 Å². The quantitative estimate of drug-likeness (QED) is 0.555. The molecule has 8 heteroatoms. The fourth-order valence-electron chi connectivity index (χ4n) is 2.74. The molecule has 134 valence electrons. The molecule has 4 rings (SSSR count). The predicted octanol–water partition coefficient (Wildman–Crippen LogP) is 3.33. The number of hydrogen-bond donors (Lipinski definition) is 0. The van der Waals surface area contributed by atoms with Crippen molar-refractivity contribution in [1.82, 2.24) is 30.2 Å². The van der Waals surface area contributed by atoms with Gasteiger partial charge in [0.25, 0.3) is 0 Å². The molecule has 0 unspecified atom stereocenters. The van der Waals surface area contributed by atoms with Gasteiger partial charge in [0.2, 0.25) is 5.82 Å². The molecule has 0 aliphatic rings. The van der Waals surface area contributed by atoms with Crippen molar-refractivity contribution < 1.29 is 4.39 Å². The molecule has 0 spiro atoms. The Kier molecular flexibility index (Phi) is 4.29. The average molecular weight is 361 g/mol. The van der Waals surface area contributed by atoms with Crippen LogP contribution in [-0.4, -0.2) is 37.2 Å². The van der Waals surface area contributed by atoms with Crippen molar-refractivity contribution in [3.05, 3.63) is 72.4 Å². The Hall–Kier alpha value is -3.68. The second kappa shape index (κ2) is 6.91. The number of nitrogens with zero attached hydrogens (tertiary/aromatic N) is 7. The molecule has 27 heavy (non-hydrogen) atoms. The van der Waals surface area contributed by atoms with Crippen LogP contribution in [0.5, 0.6) is 0 Å². The van der Waals surface area contributed by atoms with Gasteiger partial charge in [0.15, 0.2) is 0 Å². The third kappa shape index (κ3) is 3.37.